The molecule has 1 aromatic heterocycles. The number of anilines is 1. The van der Waals surface area contributed by atoms with E-state index >= 15 is 0 Å². The van der Waals surface area contributed by atoms with Gasteiger partial charge >= 0.3 is 6.09 Å². The zero-order chi connectivity index (χ0) is 16.4. The minimum absolute atomic E-state index is 0.415. The third-order valence-corrected chi connectivity index (χ3v) is 2.85. The Morgan fingerprint density at radius 3 is 2.45 bits per heavy atom. The lowest BCUT2D eigenvalue weighted by molar-refractivity contribution is 0.0530. The summed E-state index contributed by atoms with van der Waals surface area (Å²) in [4.78, 5) is 20.0. The van der Waals surface area contributed by atoms with Gasteiger partial charge in [0.2, 0.25) is 5.95 Å². The van der Waals surface area contributed by atoms with Crippen LogP contribution in [-0.2, 0) is 11.2 Å². The van der Waals surface area contributed by atoms with Crippen molar-refractivity contribution in [3.8, 4) is 0 Å². The topological polar surface area (TPSA) is 76.1 Å². The summed E-state index contributed by atoms with van der Waals surface area (Å²) in [6.45, 7) is 8.70. The van der Waals surface area contributed by atoms with Crippen molar-refractivity contribution in [3.05, 3.63) is 18.0 Å². The Bertz CT molecular complexity index is 440. The van der Waals surface area contributed by atoms with Crippen LogP contribution in [0, 0.1) is 0 Å². The van der Waals surface area contributed by atoms with E-state index in [9.17, 15) is 4.79 Å². The molecule has 6 heteroatoms. The van der Waals surface area contributed by atoms with Gasteiger partial charge in [-0.1, -0.05) is 19.8 Å². The van der Waals surface area contributed by atoms with Crippen molar-refractivity contribution in [2.24, 2.45) is 0 Å². The molecule has 22 heavy (non-hydrogen) atoms. The minimum atomic E-state index is -0.478. The summed E-state index contributed by atoms with van der Waals surface area (Å²) in [6, 6.07) is 0. The molecule has 0 unspecified atom stereocenters. The molecule has 0 aliphatic heterocycles. The molecule has 0 bridgehead atoms. The summed E-state index contributed by atoms with van der Waals surface area (Å²) >= 11 is 0. The first-order valence-electron chi connectivity index (χ1n) is 7.92. The second-order valence-corrected chi connectivity index (χ2v) is 6.23. The average Bonchev–Trinajstić information content (AvgIpc) is 2.43. The highest BCUT2D eigenvalue weighted by Gasteiger charge is 2.15. The number of hydrogen-bond donors (Lipinski definition) is 2. The third kappa shape index (κ3) is 8.44. The minimum Gasteiger partial charge on any atom is -0.444 e. The van der Waals surface area contributed by atoms with Crippen LogP contribution in [0.1, 0.15) is 52.5 Å². The van der Waals surface area contributed by atoms with Crippen LogP contribution in [0.15, 0.2) is 12.4 Å². The smallest absolute Gasteiger partial charge is 0.407 e. The van der Waals surface area contributed by atoms with Crippen molar-refractivity contribution in [2.75, 3.05) is 18.4 Å². The standard InChI is InChI=1S/C16H28N4O2/c1-5-6-7-8-13-11-19-14(20-12-13)17-9-10-18-15(21)22-16(2,3)4/h11-12H,5-10H2,1-4H3,(H,18,21)(H,17,19,20). The maximum Gasteiger partial charge on any atom is 0.407 e. The molecule has 1 aromatic rings. The molecule has 0 aliphatic rings. The van der Waals surface area contributed by atoms with Crippen molar-refractivity contribution in [3.63, 3.8) is 0 Å². The molecule has 0 atom stereocenters. The fraction of sp³-hybridized carbons (Fsp3) is 0.688. The van der Waals surface area contributed by atoms with Crippen LogP contribution in [0.2, 0.25) is 0 Å². The van der Waals surface area contributed by atoms with E-state index in [2.05, 4.69) is 27.5 Å². The van der Waals surface area contributed by atoms with E-state index in [0.29, 0.717) is 19.0 Å². The SMILES string of the molecule is CCCCCc1cnc(NCCNC(=O)OC(C)(C)C)nc1. The predicted molar refractivity (Wildman–Crippen MR) is 88.0 cm³/mol. The summed E-state index contributed by atoms with van der Waals surface area (Å²) in [5.41, 5.74) is 0.680. The average molecular weight is 308 g/mol. The lowest BCUT2D eigenvalue weighted by Gasteiger charge is -2.19. The summed E-state index contributed by atoms with van der Waals surface area (Å²) in [5, 5.41) is 5.74. The van der Waals surface area contributed by atoms with Gasteiger partial charge < -0.3 is 15.4 Å². The third-order valence-electron chi connectivity index (χ3n) is 2.85. The Morgan fingerprint density at radius 1 is 1.18 bits per heavy atom. The monoisotopic (exact) mass is 308 g/mol. The fourth-order valence-corrected chi connectivity index (χ4v) is 1.81. The first kappa shape index (κ1) is 18.2. The molecule has 0 spiro atoms. The predicted octanol–water partition coefficient (Wildman–Crippen LogP) is 3.15. The summed E-state index contributed by atoms with van der Waals surface area (Å²) in [6.07, 6.45) is 7.93. The Hall–Kier alpha value is -1.85. The van der Waals surface area contributed by atoms with Gasteiger partial charge in [0, 0.05) is 25.5 Å². The number of aromatic nitrogens is 2. The number of ether oxygens (including phenoxy) is 1. The number of nitrogens with zero attached hydrogens (tertiary/aromatic N) is 2. The Kier molecular flexibility index (Phi) is 7.63. The molecular formula is C16H28N4O2. The second-order valence-electron chi connectivity index (χ2n) is 6.23. The number of nitrogens with one attached hydrogen (secondary N) is 2. The summed E-state index contributed by atoms with van der Waals surface area (Å²) in [5.74, 6) is 0.574. The normalized spacial score (nSPS) is 11.1. The van der Waals surface area contributed by atoms with Crippen LogP contribution in [-0.4, -0.2) is 34.8 Å². The van der Waals surface area contributed by atoms with Gasteiger partial charge in [-0.3, -0.25) is 0 Å². The quantitative estimate of drug-likeness (QED) is 0.722. The molecular weight excluding hydrogens is 280 g/mol. The van der Waals surface area contributed by atoms with E-state index in [-0.39, 0.29) is 0 Å². The van der Waals surface area contributed by atoms with Gasteiger partial charge in [0.15, 0.2) is 0 Å². The number of aryl methyl sites for hydroxylation is 1. The van der Waals surface area contributed by atoms with Crippen molar-refractivity contribution in [2.45, 2.75) is 59.0 Å². The molecule has 2 N–H and O–H groups in total. The van der Waals surface area contributed by atoms with Gasteiger partial charge in [-0.2, -0.15) is 0 Å². The summed E-state index contributed by atoms with van der Waals surface area (Å²) in [7, 11) is 0. The number of amides is 1. The molecule has 6 nitrogen and oxygen atoms in total. The molecule has 1 heterocycles. The van der Waals surface area contributed by atoms with E-state index in [0.717, 1.165) is 12.0 Å². The lowest BCUT2D eigenvalue weighted by atomic mass is 10.1. The molecule has 1 amide bonds. The zero-order valence-corrected chi connectivity index (χ0v) is 14.1. The van der Waals surface area contributed by atoms with Crippen molar-refractivity contribution in [1.29, 1.82) is 0 Å². The molecule has 0 saturated heterocycles. The van der Waals surface area contributed by atoms with Gasteiger partial charge in [0.25, 0.3) is 0 Å². The molecule has 0 aliphatic carbocycles. The van der Waals surface area contributed by atoms with E-state index in [1.807, 2.05) is 33.2 Å². The van der Waals surface area contributed by atoms with E-state index in [4.69, 9.17) is 4.74 Å². The maximum atomic E-state index is 11.4. The number of hydrogen-bond acceptors (Lipinski definition) is 5. The summed E-state index contributed by atoms with van der Waals surface area (Å²) < 4.78 is 5.14. The molecule has 1 rings (SSSR count). The molecule has 0 saturated carbocycles. The number of carbonyl (C=O) groups is 1. The van der Waals surface area contributed by atoms with Gasteiger partial charge in [-0.25, -0.2) is 14.8 Å². The highest BCUT2D eigenvalue weighted by molar-refractivity contribution is 5.67. The van der Waals surface area contributed by atoms with Crippen molar-refractivity contribution in [1.82, 2.24) is 15.3 Å². The number of carbonyl (C=O) groups excluding carboxylic acids is 1. The maximum absolute atomic E-state index is 11.4. The number of unbranched alkanes of at least 4 members (excludes halogenated alkanes) is 2. The highest BCUT2D eigenvalue weighted by Crippen LogP contribution is 2.07. The Labute approximate surface area is 133 Å². The first-order valence-corrected chi connectivity index (χ1v) is 7.92. The van der Waals surface area contributed by atoms with Crippen LogP contribution >= 0.6 is 0 Å². The van der Waals surface area contributed by atoms with Crippen LogP contribution < -0.4 is 10.6 Å². The Morgan fingerprint density at radius 2 is 1.86 bits per heavy atom. The zero-order valence-electron chi connectivity index (χ0n) is 14.1. The fourth-order valence-electron chi connectivity index (χ4n) is 1.81. The van der Waals surface area contributed by atoms with Crippen molar-refractivity contribution < 1.29 is 9.53 Å². The van der Waals surface area contributed by atoms with Gasteiger partial charge in [0.1, 0.15) is 5.60 Å². The van der Waals surface area contributed by atoms with E-state index < -0.39 is 11.7 Å². The van der Waals surface area contributed by atoms with Gasteiger partial charge in [-0.05, 0) is 39.2 Å². The van der Waals surface area contributed by atoms with E-state index in [1.54, 1.807) is 0 Å². The highest BCUT2D eigenvalue weighted by atomic mass is 16.6. The molecule has 0 fully saturated rings. The Balaban J connectivity index is 2.21. The van der Waals surface area contributed by atoms with Crippen LogP contribution in [0.5, 0.6) is 0 Å². The van der Waals surface area contributed by atoms with Gasteiger partial charge in [-0.15, -0.1) is 0 Å². The van der Waals surface area contributed by atoms with Crippen molar-refractivity contribution >= 4 is 12.0 Å². The largest absolute Gasteiger partial charge is 0.444 e. The lowest BCUT2D eigenvalue weighted by Crippen LogP contribution is -2.35. The molecule has 124 valence electrons. The van der Waals surface area contributed by atoms with Crippen LogP contribution in [0.4, 0.5) is 10.7 Å². The number of rotatable bonds is 8. The van der Waals surface area contributed by atoms with Crippen LogP contribution in [0.25, 0.3) is 0 Å². The first-order chi connectivity index (χ1) is 10.4. The molecule has 0 aromatic carbocycles. The second kappa shape index (κ2) is 9.23. The van der Waals surface area contributed by atoms with Gasteiger partial charge in [0.05, 0.1) is 0 Å². The van der Waals surface area contributed by atoms with E-state index in [1.165, 1.54) is 19.3 Å². The molecule has 0 radical (unpaired) electrons. The number of alkyl carbamates (subject to hydrolysis) is 1. The van der Waals surface area contributed by atoms with Crippen LogP contribution in [0.3, 0.4) is 0 Å².